The first-order chi connectivity index (χ1) is 9.85. The molecule has 8 nitrogen and oxygen atoms in total. The van der Waals surface area contributed by atoms with Crippen LogP contribution in [-0.4, -0.2) is 30.6 Å². The predicted octanol–water partition coefficient (Wildman–Crippen LogP) is 0.521. The highest BCUT2D eigenvalue weighted by atomic mass is 32.2. The average Bonchev–Trinajstić information content (AvgIpc) is 2.92. The van der Waals surface area contributed by atoms with Crippen molar-refractivity contribution in [2.24, 2.45) is 0 Å². The summed E-state index contributed by atoms with van der Waals surface area (Å²) >= 11 is 0. The molecule has 2 aromatic rings. The zero-order valence-corrected chi connectivity index (χ0v) is 13.3. The Morgan fingerprint density at radius 1 is 1.24 bits per heavy atom. The second-order valence-corrected chi connectivity index (χ2v) is 6.43. The summed E-state index contributed by atoms with van der Waals surface area (Å²) in [6.07, 6.45) is 0. The molecule has 3 N–H and O–H groups in total. The largest absolute Gasteiger partial charge is 0.444 e. The summed E-state index contributed by atoms with van der Waals surface area (Å²) in [5.41, 5.74) is 1.69. The Morgan fingerprint density at radius 2 is 1.95 bits per heavy atom. The number of aromatic amines is 1. The molecule has 0 spiro atoms. The van der Waals surface area contributed by atoms with E-state index in [9.17, 15) is 8.42 Å². The van der Waals surface area contributed by atoms with Crippen LogP contribution in [0.1, 0.15) is 28.7 Å². The highest BCUT2D eigenvalue weighted by Gasteiger charge is 2.24. The van der Waals surface area contributed by atoms with E-state index in [4.69, 9.17) is 4.42 Å². The van der Waals surface area contributed by atoms with E-state index in [1.165, 1.54) is 0 Å². The number of aryl methyl sites for hydroxylation is 3. The zero-order chi connectivity index (χ0) is 15.6. The van der Waals surface area contributed by atoms with Crippen molar-refractivity contribution < 1.29 is 12.8 Å². The van der Waals surface area contributed by atoms with Crippen LogP contribution in [0.5, 0.6) is 0 Å². The molecule has 0 saturated heterocycles. The molecule has 0 aromatic carbocycles. The maximum atomic E-state index is 12.4. The minimum absolute atomic E-state index is 0.000622. The minimum atomic E-state index is -3.69. The Kier molecular flexibility index (Phi) is 4.45. The Hall–Kier alpha value is -1.71. The van der Waals surface area contributed by atoms with Crippen molar-refractivity contribution in [3.63, 3.8) is 0 Å². The van der Waals surface area contributed by atoms with Gasteiger partial charge in [-0.15, -0.1) is 0 Å². The quantitative estimate of drug-likeness (QED) is 0.716. The molecule has 0 fully saturated rings. The molecule has 0 bridgehead atoms. The molecule has 2 heterocycles. The van der Waals surface area contributed by atoms with E-state index >= 15 is 0 Å². The third kappa shape index (κ3) is 3.31. The van der Waals surface area contributed by atoms with E-state index in [2.05, 4.69) is 25.2 Å². The molecule has 0 aliphatic heterocycles. The van der Waals surface area contributed by atoms with Crippen LogP contribution in [0.25, 0.3) is 0 Å². The lowest BCUT2D eigenvalue weighted by Gasteiger charge is -2.06. The number of nitrogens with zero attached hydrogens (tertiary/aromatic N) is 2. The Balaban J connectivity index is 2.20. The van der Waals surface area contributed by atoms with Crippen molar-refractivity contribution in [3.05, 3.63) is 28.7 Å². The van der Waals surface area contributed by atoms with Gasteiger partial charge >= 0.3 is 0 Å². The summed E-state index contributed by atoms with van der Waals surface area (Å²) in [6.45, 7) is 5.62. The third-order valence-electron chi connectivity index (χ3n) is 3.06. The van der Waals surface area contributed by atoms with E-state index in [1.807, 2.05) is 6.92 Å². The summed E-state index contributed by atoms with van der Waals surface area (Å²) in [6, 6.07) is 0. The average molecular weight is 313 g/mol. The highest BCUT2D eigenvalue weighted by molar-refractivity contribution is 7.89. The zero-order valence-electron chi connectivity index (χ0n) is 12.4. The van der Waals surface area contributed by atoms with E-state index < -0.39 is 10.0 Å². The van der Waals surface area contributed by atoms with Gasteiger partial charge < -0.3 is 9.73 Å². The van der Waals surface area contributed by atoms with Crippen LogP contribution in [0.2, 0.25) is 0 Å². The molecule has 2 aromatic heterocycles. The minimum Gasteiger partial charge on any atom is -0.444 e. The molecular formula is C12H19N5O3S. The van der Waals surface area contributed by atoms with Gasteiger partial charge in [0.2, 0.25) is 15.9 Å². The fourth-order valence-corrected chi connectivity index (χ4v) is 3.29. The number of aromatic nitrogens is 3. The van der Waals surface area contributed by atoms with Crippen LogP contribution in [0.4, 0.5) is 0 Å². The number of nitrogens with one attached hydrogen (secondary N) is 3. The molecule has 0 amide bonds. The van der Waals surface area contributed by atoms with Crippen molar-refractivity contribution in [1.29, 1.82) is 0 Å². The van der Waals surface area contributed by atoms with Crippen molar-refractivity contribution in [2.75, 3.05) is 7.05 Å². The Bertz CT molecular complexity index is 713. The molecule has 0 saturated carbocycles. The normalized spacial score (nSPS) is 12.0. The lowest BCUT2D eigenvalue weighted by Crippen LogP contribution is -2.25. The lowest BCUT2D eigenvalue weighted by molar-refractivity contribution is 0.463. The monoisotopic (exact) mass is 313 g/mol. The maximum Gasteiger partial charge on any atom is 0.244 e. The first-order valence-corrected chi connectivity index (χ1v) is 7.94. The summed E-state index contributed by atoms with van der Waals surface area (Å²) in [4.78, 5) is 4.31. The van der Waals surface area contributed by atoms with Crippen LogP contribution in [0.3, 0.4) is 0 Å². The molecule has 0 radical (unpaired) electrons. The van der Waals surface area contributed by atoms with E-state index in [-0.39, 0.29) is 11.4 Å². The molecule has 9 heteroatoms. The van der Waals surface area contributed by atoms with Crippen molar-refractivity contribution >= 4 is 10.0 Å². The number of H-pyrrole nitrogens is 1. The van der Waals surface area contributed by atoms with E-state index in [1.54, 1.807) is 20.9 Å². The summed E-state index contributed by atoms with van der Waals surface area (Å²) in [5.74, 6) is 1.02. The summed E-state index contributed by atoms with van der Waals surface area (Å²) < 4.78 is 32.7. The second-order valence-electron chi connectivity index (χ2n) is 4.73. The van der Waals surface area contributed by atoms with Gasteiger partial charge in [-0.2, -0.15) is 5.10 Å². The number of hydrogen-bond acceptors (Lipinski definition) is 6. The van der Waals surface area contributed by atoms with Gasteiger partial charge in [0.15, 0.2) is 0 Å². The van der Waals surface area contributed by atoms with Crippen molar-refractivity contribution in [3.8, 4) is 0 Å². The van der Waals surface area contributed by atoms with Gasteiger partial charge in [0.25, 0.3) is 0 Å². The van der Waals surface area contributed by atoms with Gasteiger partial charge in [-0.1, -0.05) is 0 Å². The maximum absolute atomic E-state index is 12.4. The van der Waals surface area contributed by atoms with Crippen LogP contribution < -0.4 is 10.0 Å². The van der Waals surface area contributed by atoms with Crippen LogP contribution in [-0.2, 0) is 23.1 Å². The Labute approximate surface area is 123 Å². The number of sulfonamides is 1. The Morgan fingerprint density at radius 3 is 2.52 bits per heavy atom. The SMILES string of the molecule is CNCc1n[nH]c(C)c1S(=O)(=O)NCc1nc(C)c(C)o1. The topological polar surface area (TPSA) is 113 Å². The molecule has 0 atom stereocenters. The predicted molar refractivity (Wildman–Crippen MR) is 76.1 cm³/mol. The van der Waals surface area contributed by atoms with Gasteiger partial charge in [-0.05, 0) is 27.8 Å². The van der Waals surface area contributed by atoms with Gasteiger partial charge in [0.05, 0.1) is 23.6 Å². The fourth-order valence-electron chi connectivity index (χ4n) is 1.96. The van der Waals surface area contributed by atoms with Crippen LogP contribution >= 0.6 is 0 Å². The molecule has 21 heavy (non-hydrogen) atoms. The van der Waals surface area contributed by atoms with E-state index in [0.717, 1.165) is 5.69 Å². The standard InChI is InChI=1S/C12H19N5O3S/c1-7-9(3)20-11(15-7)6-14-21(18,19)12-8(2)16-17-10(12)5-13-4/h13-14H,5-6H2,1-4H3,(H,16,17). The molecule has 0 aliphatic rings. The number of rotatable bonds is 6. The molecule has 116 valence electrons. The highest BCUT2D eigenvalue weighted by Crippen LogP contribution is 2.18. The van der Waals surface area contributed by atoms with Gasteiger partial charge in [0.1, 0.15) is 10.7 Å². The lowest BCUT2D eigenvalue weighted by atomic mass is 10.4. The van der Waals surface area contributed by atoms with Crippen LogP contribution in [0, 0.1) is 20.8 Å². The van der Waals surface area contributed by atoms with Crippen molar-refractivity contribution in [1.82, 2.24) is 25.2 Å². The molecule has 0 unspecified atom stereocenters. The number of hydrogen-bond donors (Lipinski definition) is 3. The van der Waals surface area contributed by atoms with Crippen LogP contribution in [0.15, 0.2) is 9.31 Å². The number of oxazole rings is 1. The van der Waals surface area contributed by atoms with Gasteiger partial charge in [-0.3, -0.25) is 5.10 Å². The fraction of sp³-hybridized carbons (Fsp3) is 0.500. The van der Waals surface area contributed by atoms with Gasteiger partial charge in [-0.25, -0.2) is 18.1 Å². The smallest absolute Gasteiger partial charge is 0.244 e. The molecule has 2 rings (SSSR count). The summed E-state index contributed by atoms with van der Waals surface area (Å²) in [5, 5.41) is 9.58. The summed E-state index contributed by atoms with van der Waals surface area (Å²) in [7, 11) is -1.96. The third-order valence-corrected chi connectivity index (χ3v) is 4.66. The first kappa shape index (κ1) is 15.7. The van der Waals surface area contributed by atoms with E-state index in [0.29, 0.717) is 29.6 Å². The molecule has 0 aliphatic carbocycles. The van der Waals surface area contributed by atoms with Crippen molar-refractivity contribution in [2.45, 2.75) is 38.8 Å². The molecular weight excluding hydrogens is 294 g/mol. The van der Waals surface area contributed by atoms with Gasteiger partial charge in [0, 0.05) is 6.54 Å². The second kappa shape index (κ2) is 5.96. The first-order valence-electron chi connectivity index (χ1n) is 6.46.